The molecule has 6 nitrogen and oxygen atoms in total. The zero-order valence-electron chi connectivity index (χ0n) is 13.3. The van der Waals surface area contributed by atoms with Crippen molar-refractivity contribution in [1.82, 2.24) is 9.78 Å². The van der Waals surface area contributed by atoms with Gasteiger partial charge in [-0.1, -0.05) is 18.2 Å². The summed E-state index contributed by atoms with van der Waals surface area (Å²) in [7, 11) is 0. The summed E-state index contributed by atoms with van der Waals surface area (Å²) in [5, 5.41) is 18.1. The van der Waals surface area contributed by atoms with Crippen LogP contribution in [-0.4, -0.2) is 20.8 Å². The van der Waals surface area contributed by atoms with E-state index in [4.69, 9.17) is 5.73 Å². The summed E-state index contributed by atoms with van der Waals surface area (Å²) in [6.45, 7) is 1.65. The van der Waals surface area contributed by atoms with Crippen LogP contribution in [-0.2, 0) is 10.4 Å². The second-order valence-corrected chi connectivity index (χ2v) is 5.95. The quantitative estimate of drug-likeness (QED) is 0.667. The predicted octanol–water partition coefficient (Wildman–Crippen LogP) is 2.09. The summed E-state index contributed by atoms with van der Waals surface area (Å²) in [5.74, 6) is -1.12. The fraction of sp³-hybridized carbons (Fsp3) is 0.111. The molecule has 1 amide bonds. The number of fused-ring (bicyclic) bond motifs is 1. The number of benzene rings is 2. The van der Waals surface area contributed by atoms with Crippen molar-refractivity contribution in [3.63, 3.8) is 0 Å². The van der Waals surface area contributed by atoms with Gasteiger partial charge < -0.3 is 16.2 Å². The van der Waals surface area contributed by atoms with Crippen LogP contribution in [0.5, 0.6) is 0 Å². The number of aromatic nitrogens is 2. The lowest BCUT2D eigenvalue weighted by Crippen LogP contribution is -2.36. The molecule has 4 rings (SSSR count). The summed E-state index contributed by atoms with van der Waals surface area (Å²) in [4.78, 5) is 12.5. The predicted molar refractivity (Wildman–Crippen MR) is 90.7 cm³/mol. The number of nitrogens with zero attached hydrogens (tertiary/aromatic N) is 2. The number of carbonyl (C=O) groups excluding carboxylic acids is 1. The fourth-order valence-electron chi connectivity index (χ4n) is 3.27. The zero-order chi connectivity index (χ0) is 17.8. The molecule has 4 N–H and O–H groups in total. The van der Waals surface area contributed by atoms with E-state index in [2.05, 4.69) is 10.4 Å². The van der Waals surface area contributed by atoms with Crippen LogP contribution in [0.2, 0.25) is 0 Å². The van der Waals surface area contributed by atoms with Crippen molar-refractivity contribution >= 4 is 17.4 Å². The smallest absolute Gasteiger partial charge is 0.266 e. The van der Waals surface area contributed by atoms with Gasteiger partial charge in [0.25, 0.3) is 5.91 Å². The van der Waals surface area contributed by atoms with Gasteiger partial charge in [0.1, 0.15) is 11.6 Å². The Kier molecular flexibility index (Phi) is 3.16. The highest BCUT2D eigenvalue weighted by molar-refractivity contribution is 6.08. The number of hydrogen-bond donors (Lipinski definition) is 3. The van der Waals surface area contributed by atoms with E-state index in [1.165, 1.54) is 16.8 Å². The van der Waals surface area contributed by atoms with E-state index in [0.29, 0.717) is 17.1 Å². The lowest BCUT2D eigenvalue weighted by atomic mass is 9.87. The fourth-order valence-corrected chi connectivity index (χ4v) is 3.27. The first-order valence-electron chi connectivity index (χ1n) is 7.67. The Labute approximate surface area is 142 Å². The molecule has 0 aliphatic carbocycles. The molecule has 7 heteroatoms. The summed E-state index contributed by atoms with van der Waals surface area (Å²) in [5.41, 5.74) is 5.83. The third-order valence-electron chi connectivity index (χ3n) is 4.41. The first kappa shape index (κ1) is 15.3. The molecule has 126 valence electrons. The van der Waals surface area contributed by atoms with Crippen LogP contribution in [0, 0.1) is 12.7 Å². The maximum absolute atomic E-state index is 13.7. The van der Waals surface area contributed by atoms with Gasteiger partial charge in [0.2, 0.25) is 5.60 Å². The van der Waals surface area contributed by atoms with Crippen molar-refractivity contribution < 1.29 is 14.3 Å². The molecule has 1 aliphatic rings. The second kappa shape index (κ2) is 5.15. The lowest BCUT2D eigenvalue weighted by Gasteiger charge is -2.21. The Morgan fingerprint density at radius 1 is 1.24 bits per heavy atom. The summed E-state index contributed by atoms with van der Waals surface area (Å²) < 4.78 is 15.2. The molecule has 2 aromatic carbocycles. The van der Waals surface area contributed by atoms with Crippen molar-refractivity contribution in [2.24, 2.45) is 0 Å². The number of nitrogens with two attached hydrogens (primary N) is 1. The first-order chi connectivity index (χ1) is 11.9. The SMILES string of the molecule is Cc1nn(-c2ccccc2)c(N)c1C1(O)C(=O)Nc2ccc(F)cc21. The Hall–Kier alpha value is -3.19. The minimum Gasteiger partial charge on any atom is -0.383 e. The number of para-hydroxylation sites is 1. The van der Waals surface area contributed by atoms with Crippen molar-refractivity contribution in [3.8, 4) is 5.69 Å². The molecule has 0 radical (unpaired) electrons. The Balaban J connectivity index is 1.96. The molecule has 1 aliphatic heterocycles. The van der Waals surface area contributed by atoms with E-state index in [1.54, 1.807) is 19.1 Å². The number of anilines is 2. The van der Waals surface area contributed by atoms with E-state index in [0.717, 1.165) is 6.07 Å². The molecule has 25 heavy (non-hydrogen) atoms. The number of aryl methyl sites for hydroxylation is 1. The molecule has 1 unspecified atom stereocenters. The Bertz CT molecular complexity index is 1000. The average Bonchev–Trinajstić information content (AvgIpc) is 3.03. The van der Waals surface area contributed by atoms with Crippen molar-refractivity contribution in [2.75, 3.05) is 11.1 Å². The molecule has 2 heterocycles. The van der Waals surface area contributed by atoms with Gasteiger partial charge in [-0.15, -0.1) is 0 Å². The van der Waals surface area contributed by atoms with E-state index in [9.17, 15) is 14.3 Å². The number of carbonyl (C=O) groups is 1. The number of amides is 1. The largest absolute Gasteiger partial charge is 0.383 e. The number of hydrogen-bond acceptors (Lipinski definition) is 4. The van der Waals surface area contributed by atoms with Gasteiger partial charge in [0.15, 0.2) is 0 Å². The topological polar surface area (TPSA) is 93.2 Å². The maximum atomic E-state index is 13.7. The number of rotatable bonds is 2. The van der Waals surface area contributed by atoms with Crippen LogP contribution in [0.4, 0.5) is 15.9 Å². The highest BCUT2D eigenvalue weighted by atomic mass is 19.1. The Morgan fingerprint density at radius 2 is 1.96 bits per heavy atom. The number of nitrogens with one attached hydrogen (secondary N) is 1. The number of halogens is 1. The van der Waals surface area contributed by atoms with Crippen LogP contribution in [0.15, 0.2) is 48.5 Å². The van der Waals surface area contributed by atoms with Crippen LogP contribution in [0.25, 0.3) is 5.69 Å². The molecule has 3 aromatic rings. The van der Waals surface area contributed by atoms with Gasteiger partial charge in [-0.2, -0.15) is 5.10 Å². The second-order valence-electron chi connectivity index (χ2n) is 5.95. The van der Waals surface area contributed by atoms with Gasteiger partial charge in [-0.3, -0.25) is 4.79 Å². The minimum atomic E-state index is -2.10. The van der Waals surface area contributed by atoms with Crippen LogP contribution >= 0.6 is 0 Å². The van der Waals surface area contributed by atoms with Crippen molar-refractivity contribution in [3.05, 3.63) is 71.2 Å². The van der Waals surface area contributed by atoms with Crippen LogP contribution in [0.3, 0.4) is 0 Å². The average molecular weight is 338 g/mol. The van der Waals surface area contributed by atoms with E-state index < -0.39 is 17.3 Å². The molecular weight excluding hydrogens is 323 g/mol. The van der Waals surface area contributed by atoms with Gasteiger partial charge in [-0.25, -0.2) is 9.07 Å². The third-order valence-corrected chi connectivity index (χ3v) is 4.41. The highest BCUT2D eigenvalue weighted by Crippen LogP contribution is 2.44. The molecule has 1 atom stereocenters. The monoisotopic (exact) mass is 338 g/mol. The summed E-state index contributed by atoms with van der Waals surface area (Å²) >= 11 is 0. The van der Waals surface area contributed by atoms with Crippen LogP contribution < -0.4 is 11.1 Å². The molecule has 0 fully saturated rings. The van der Waals surface area contributed by atoms with Gasteiger partial charge >= 0.3 is 0 Å². The number of nitrogen functional groups attached to an aromatic ring is 1. The van der Waals surface area contributed by atoms with Crippen LogP contribution in [0.1, 0.15) is 16.8 Å². The van der Waals surface area contributed by atoms with E-state index in [1.807, 2.05) is 18.2 Å². The lowest BCUT2D eigenvalue weighted by molar-refractivity contribution is -0.129. The molecule has 0 bridgehead atoms. The van der Waals surface area contributed by atoms with E-state index >= 15 is 0 Å². The third kappa shape index (κ3) is 2.06. The standard InChI is InChI=1S/C18H15FN4O2/c1-10-15(16(20)23(22-10)12-5-3-2-4-6-12)18(25)13-9-11(19)7-8-14(13)21-17(18)24/h2-9,25H,20H2,1H3,(H,21,24). The van der Waals surface area contributed by atoms with Gasteiger partial charge in [0, 0.05) is 11.3 Å². The zero-order valence-corrected chi connectivity index (χ0v) is 13.3. The molecule has 0 saturated carbocycles. The Morgan fingerprint density at radius 3 is 2.68 bits per heavy atom. The van der Waals surface area contributed by atoms with Crippen molar-refractivity contribution in [2.45, 2.75) is 12.5 Å². The van der Waals surface area contributed by atoms with Crippen molar-refractivity contribution in [1.29, 1.82) is 0 Å². The molecular formula is C18H15FN4O2. The maximum Gasteiger partial charge on any atom is 0.266 e. The molecule has 0 saturated heterocycles. The van der Waals surface area contributed by atoms with Gasteiger partial charge in [-0.05, 0) is 37.3 Å². The first-order valence-corrected chi connectivity index (χ1v) is 7.67. The normalized spacial score (nSPS) is 18.9. The minimum absolute atomic E-state index is 0.124. The highest BCUT2D eigenvalue weighted by Gasteiger charge is 2.50. The molecule has 0 spiro atoms. The molecule has 1 aromatic heterocycles. The van der Waals surface area contributed by atoms with E-state index in [-0.39, 0.29) is 16.9 Å². The summed E-state index contributed by atoms with van der Waals surface area (Å²) in [6.07, 6.45) is 0. The van der Waals surface area contributed by atoms with Gasteiger partial charge in [0.05, 0.1) is 16.9 Å². The number of aliphatic hydroxyl groups is 1. The summed E-state index contributed by atoms with van der Waals surface area (Å²) in [6, 6.07) is 12.9.